The highest BCUT2D eigenvalue weighted by Crippen LogP contribution is 2.28. The lowest BCUT2D eigenvalue weighted by atomic mass is 10.1. The van der Waals surface area contributed by atoms with Gasteiger partial charge >= 0.3 is 0 Å². The normalized spacial score (nSPS) is 19.2. The van der Waals surface area contributed by atoms with Gasteiger partial charge in [0.25, 0.3) is 0 Å². The zero-order valence-corrected chi connectivity index (χ0v) is 14.6. The highest BCUT2D eigenvalue weighted by molar-refractivity contribution is 9.10. The minimum atomic E-state index is 0.309. The van der Waals surface area contributed by atoms with Crippen LogP contribution in [0.15, 0.2) is 22.7 Å². The predicted octanol–water partition coefficient (Wildman–Crippen LogP) is 2.83. The van der Waals surface area contributed by atoms with Crippen LogP contribution < -0.4 is 10.1 Å². The molecule has 118 valence electrons. The van der Waals surface area contributed by atoms with Gasteiger partial charge in [0.15, 0.2) is 0 Å². The predicted molar refractivity (Wildman–Crippen MR) is 89.0 cm³/mol. The zero-order valence-electron chi connectivity index (χ0n) is 13.1. The van der Waals surface area contributed by atoms with Gasteiger partial charge in [-0.15, -0.1) is 0 Å². The van der Waals surface area contributed by atoms with Crippen LogP contribution in [-0.2, 0) is 4.74 Å². The maximum Gasteiger partial charge on any atom is 0.133 e. The van der Waals surface area contributed by atoms with E-state index in [4.69, 9.17) is 9.47 Å². The molecule has 1 N–H and O–H groups in total. The number of hydrogen-bond acceptors (Lipinski definition) is 4. The van der Waals surface area contributed by atoms with Gasteiger partial charge in [0, 0.05) is 31.7 Å². The molecule has 1 fully saturated rings. The summed E-state index contributed by atoms with van der Waals surface area (Å²) < 4.78 is 11.7. The van der Waals surface area contributed by atoms with E-state index >= 15 is 0 Å². The first-order chi connectivity index (χ1) is 10.1. The molecule has 0 aliphatic carbocycles. The summed E-state index contributed by atoms with van der Waals surface area (Å²) in [5, 5.41) is 3.66. The van der Waals surface area contributed by atoms with Gasteiger partial charge in [-0.2, -0.15) is 0 Å². The van der Waals surface area contributed by atoms with Gasteiger partial charge in [0.05, 0.1) is 24.8 Å². The second-order valence-electron chi connectivity index (χ2n) is 5.60. The van der Waals surface area contributed by atoms with E-state index in [2.05, 4.69) is 52.1 Å². The molecule has 1 saturated heterocycles. The van der Waals surface area contributed by atoms with Crippen molar-refractivity contribution >= 4 is 15.9 Å². The maximum absolute atomic E-state index is 5.39. The molecule has 0 bridgehead atoms. The number of halogens is 1. The van der Waals surface area contributed by atoms with E-state index in [-0.39, 0.29) is 0 Å². The molecule has 21 heavy (non-hydrogen) atoms. The van der Waals surface area contributed by atoms with E-state index in [0.29, 0.717) is 12.1 Å². The summed E-state index contributed by atoms with van der Waals surface area (Å²) in [5.41, 5.74) is 1.26. The Morgan fingerprint density at radius 2 is 2.05 bits per heavy atom. The average molecular weight is 357 g/mol. The first kappa shape index (κ1) is 16.7. The molecule has 1 aliphatic rings. The molecule has 2 atom stereocenters. The molecule has 1 aromatic carbocycles. The van der Waals surface area contributed by atoms with Crippen molar-refractivity contribution in [2.45, 2.75) is 25.9 Å². The van der Waals surface area contributed by atoms with Crippen LogP contribution in [0.2, 0.25) is 0 Å². The summed E-state index contributed by atoms with van der Waals surface area (Å²) in [5.74, 6) is 0.868. The molecule has 1 aromatic rings. The maximum atomic E-state index is 5.39. The Labute approximate surface area is 135 Å². The third-order valence-corrected chi connectivity index (χ3v) is 4.47. The molecule has 1 aliphatic heterocycles. The van der Waals surface area contributed by atoms with Crippen LogP contribution in [0.4, 0.5) is 0 Å². The number of morpholine rings is 1. The first-order valence-electron chi connectivity index (χ1n) is 7.49. The van der Waals surface area contributed by atoms with Gasteiger partial charge in [-0.3, -0.25) is 4.90 Å². The number of ether oxygens (including phenoxy) is 2. The molecular formula is C16H25BrN2O2. The lowest BCUT2D eigenvalue weighted by Gasteiger charge is -2.30. The summed E-state index contributed by atoms with van der Waals surface area (Å²) in [6.07, 6.45) is 0. The number of hydrogen-bond donors (Lipinski definition) is 1. The molecule has 0 aromatic heterocycles. The van der Waals surface area contributed by atoms with Crippen molar-refractivity contribution < 1.29 is 9.47 Å². The number of benzene rings is 1. The van der Waals surface area contributed by atoms with E-state index in [1.807, 2.05) is 6.07 Å². The summed E-state index contributed by atoms with van der Waals surface area (Å²) >= 11 is 3.55. The third kappa shape index (κ3) is 4.95. The van der Waals surface area contributed by atoms with Crippen LogP contribution in [-0.4, -0.2) is 50.9 Å². The lowest BCUT2D eigenvalue weighted by molar-refractivity contribution is 0.0339. The van der Waals surface area contributed by atoms with Crippen LogP contribution in [0.3, 0.4) is 0 Å². The minimum absolute atomic E-state index is 0.309. The Hall–Kier alpha value is -0.620. The standard InChI is InChI=1S/C16H25BrN2O2/c1-12(11-19-6-8-21-9-7-19)18-13(2)14-4-5-16(20-3)15(17)10-14/h4-5,10,12-13,18H,6-9,11H2,1-3H3. The van der Waals surface area contributed by atoms with E-state index in [1.54, 1.807) is 7.11 Å². The monoisotopic (exact) mass is 356 g/mol. The Balaban J connectivity index is 1.87. The number of methoxy groups -OCH3 is 1. The smallest absolute Gasteiger partial charge is 0.133 e. The Morgan fingerprint density at radius 3 is 2.67 bits per heavy atom. The van der Waals surface area contributed by atoms with Gasteiger partial charge in [-0.05, 0) is 47.5 Å². The Bertz CT molecular complexity index is 450. The fraction of sp³-hybridized carbons (Fsp3) is 0.625. The molecule has 1 heterocycles. The zero-order chi connectivity index (χ0) is 15.2. The van der Waals surface area contributed by atoms with Gasteiger partial charge < -0.3 is 14.8 Å². The molecule has 5 heteroatoms. The van der Waals surface area contributed by atoms with Gasteiger partial charge in [-0.25, -0.2) is 0 Å². The summed E-state index contributed by atoms with van der Waals surface area (Å²) in [7, 11) is 1.69. The SMILES string of the molecule is COc1ccc(C(C)NC(C)CN2CCOCC2)cc1Br. The quantitative estimate of drug-likeness (QED) is 0.849. The van der Waals surface area contributed by atoms with E-state index in [0.717, 1.165) is 43.1 Å². The van der Waals surface area contributed by atoms with Crippen molar-refractivity contribution in [2.75, 3.05) is 40.0 Å². The summed E-state index contributed by atoms with van der Waals surface area (Å²) in [4.78, 5) is 2.46. The van der Waals surface area contributed by atoms with Crippen molar-refractivity contribution in [3.63, 3.8) is 0 Å². The van der Waals surface area contributed by atoms with Crippen LogP contribution in [0.5, 0.6) is 5.75 Å². The van der Waals surface area contributed by atoms with Gasteiger partial charge in [0.1, 0.15) is 5.75 Å². The summed E-state index contributed by atoms with van der Waals surface area (Å²) in [6.45, 7) is 9.28. The van der Waals surface area contributed by atoms with Crippen molar-refractivity contribution in [1.29, 1.82) is 0 Å². The average Bonchev–Trinajstić information content (AvgIpc) is 2.48. The van der Waals surface area contributed by atoms with Crippen molar-refractivity contribution in [3.05, 3.63) is 28.2 Å². The van der Waals surface area contributed by atoms with Crippen LogP contribution in [0, 0.1) is 0 Å². The summed E-state index contributed by atoms with van der Waals surface area (Å²) in [6, 6.07) is 6.99. The second-order valence-corrected chi connectivity index (χ2v) is 6.45. The van der Waals surface area contributed by atoms with E-state index in [9.17, 15) is 0 Å². The van der Waals surface area contributed by atoms with Crippen LogP contribution in [0.25, 0.3) is 0 Å². The largest absolute Gasteiger partial charge is 0.496 e. The lowest BCUT2D eigenvalue weighted by Crippen LogP contribution is -2.44. The third-order valence-electron chi connectivity index (χ3n) is 3.85. The highest BCUT2D eigenvalue weighted by atomic mass is 79.9. The first-order valence-corrected chi connectivity index (χ1v) is 8.29. The molecule has 2 rings (SSSR count). The fourth-order valence-corrected chi connectivity index (χ4v) is 3.26. The van der Waals surface area contributed by atoms with Crippen LogP contribution in [0.1, 0.15) is 25.5 Å². The topological polar surface area (TPSA) is 33.7 Å². The minimum Gasteiger partial charge on any atom is -0.496 e. The van der Waals surface area contributed by atoms with Gasteiger partial charge in [-0.1, -0.05) is 6.07 Å². The highest BCUT2D eigenvalue weighted by Gasteiger charge is 2.16. The molecule has 0 radical (unpaired) electrons. The van der Waals surface area contributed by atoms with Crippen molar-refractivity contribution in [3.8, 4) is 5.75 Å². The fourth-order valence-electron chi connectivity index (χ4n) is 2.70. The van der Waals surface area contributed by atoms with Crippen molar-refractivity contribution in [1.82, 2.24) is 10.2 Å². The van der Waals surface area contributed by atoms with E-state index in [1.165, 1.54) is 5.56 Å². The Morgan fingerprint density at radius 1 is 1.33 bits per heavy atom. The van der Waals surface area contributed by atoms with Crippen LogP contribution >= 0.6 is 15.9 Å². The molecule has 2 unspecified atom stereocenters. The number of nitrogens with zero attached hydrogens (tertiary/aromatic N) is 1. The van der Waals surface area contributed by atoms with E-state index < -0.39 is 0 Å². The Kier molecular flexibility index (Phi) is 6.48. The van der Waals surface area contributed by atoms with Gasteiger partial charge in [0.2, 0.25) is 0 Å². The number of nitrogens with one attached hydrogen (secondary N) is 1. The van der Waals surface area contributed by atoms with Crippen molar-refractivity contribution in [2.24, 2.45) is 0 Å². The second kappa shape index (κ2) is 8.13. The molecule has 0 saturated carbocycles. The molecule has 4 nitrogen and oxygen atoms in total. The molecule has 0 amide bonds. The molecule has 0 spiro atoms. The number of rotatable bonds is 6. The molecular weight excluding hydrogens is 332 g/mol.